The van der Waals surface area contributed by atoms with E-state index in [2.05, 4.69) is 4.90 Å². The molecule has 1 aliphatic heterocycles. The lowest BCUT2D eigenvalue weighted by molar-refractivity contribution is 0.125. The van der Waals surface area contributed by atoms with Gasteiger partial charge in [0.25, 0.3) is 0 Å². The van der Waals surface area contributed by atoms with E-state index in [1.807, 2.05) is 6.92 Å². The molecule has 2 aliphatic rings. The quantitative estimate of drug-likeness (QED) is 0.772. The van der Waals surface area contributed by atoms with Crippen molar-refractivity contribution in [3.63, 3.8) is 0 Å². The normalized spacial score (nSPS) is 31.2. The number of hydrogen-bond donors (Lipinski definition) is 1. The second-order valence-corrected chi connectivity index (χ2v) is 5.53. The first-order valence-corrected chi connectivity index (χ1v) is 6.68. The van der Waals surface area contributed by atoms with Gasteiger partial charge in [-0.2, -0.15) is 0 Å². The summed E-state index contributed by atoms with van der Waals surface area (Å²) in [5.41, 5.74) is 0. The fraction of sp³-hybridized carbons (Fsp3) is 1.00. The van der Waals surface area contributed by atoms with Gasteiger partial charge in [-0.15, -0.1) is 0 Å². The smallest absolute Gasteiger partial charge is 0.0527 e. The van der Waals surface area contributed by atoms with Gasteiger partial charge >= 0.3 is 0 Å². The van der Waals surface area contributed by atoms with Gasteiger partial charge in [-0.05, 0) is 51.5 Å². The molecule has 2 rings (SSSR count). The Kier molecular flexibility index (Phi) is 4.04. The standard InChI is InChI=1S/C13H25NO/c1-11(15)9-13-7-4-8-14(13)10-12-5-2-3-6-12/h11-13,15H,2-10H2,1H3. The molecule has 2 heteroatoms. The number of aliphatic hydroxyl groups is 1. The van der Waals surface area contributed by atoms with E-state index in [4.69, 9.17) is 0 Å². The Bertz CT molecular complexity index is 187. The zero-order valence-electron chi connectivity index (χ0n) is 9.99. The Morgan fingerprint density at radius 1 is 1.20 bits per heavy atom. The summed E-state index contributed by atoms with van der Waals surface area (Å²) in [6.07, 6.45) is 9.27. The van der Waals surface area contributed by atoms with Crippen molar-refractivity contribution < 1.29 is 5.11 Å². The first-order valence-electron chi connectivity index (χ1n) is 6.68. The second kappa shape index (κ2) is 5.31. The fourth-order valence-corrected chi connectivity index (χ4v) is 3.32. The molecule has 0 aromatic carbocycles. The lowest BCUT2D eigenvalue weighted by Crippen LogP contribution is -2.35. The highest BCUT2D eigenvalue weighted by Gasteiger charge is 2.28. The van der Waals surface area contributed by atoms with Crippen LogP contribution in [0.5, 0.6) is 0 Å². The zero-order chi connectivity index (χ0) is 10.7. The van der Waals surface area contributed by atoms with Crippen LogP contribution in [-0.2, 0) is 0 Å². The van der Waals surface area contributed by atoms with E-state index in [0.29, 0.717) is 6.04 Å². The van der Waals surface area contributed by atoms with E-state index in [-0.39, 0.29) is 6.10 Å². The summed E-state index contributed by atoms with van der Waals surface area (Å²) in [4.78, 5) is 2.64. The maximum atomic E-state index is 9.46. The zero-order valence-corrected chi connectivity index (χ0v) is 9.99. The molecule has 1 saturated heterocycles. The van der Waals surface area contributed by atoms with E-state index in [1.54, 1.807) is 0 Å². The van der Waals surface area contributed by atoms with Crippen LogP contribution in [0.25, 0.3) is 0 Å². The molecule has 15 heavy (non-hydrogen) atoms. The van der Waals surface area contributed by atoms with Gasteiger partial charge in [0.1, 0.15) is 0 Å². The van der Waals surface area contributed by atoms with Crippen LogP contribution in [0.2, 0.25) is 0 Å². The van der Waals surface area contributed by atoms with E-state index < -0.39 is 0 Å². The molecule has 1 heterocycles. The largest absolute Gasteiger partial charge is 0.393 e. The number of hydrogen-bond acceptors (Lipinski definition) is 2. The highest BCUT2D eigenvalue weighted by molar-refractivity contribution is 4.83. The number of aliphatic hydroxyl groups excluding tert-OH is 1. The summed E-state index contributed by atoms with van der Waals surface area (Å²) in [6, 6.07) is 0.672. The lowest BCUT2D eigenvalue weighted by Gasteiger charge is -2.28. The maximum absolute atomic E-state index is 9.46. The van der Waals surface area contributed by atoms with Crippen molar-refractivity contribution in [3.05, 3.63) is 0 Å². The van der Waals surface area contributed by atoms with E-state index in [1.165, 1.54) is 51.6 Å². The third kappa shape index (κ3) is 3.18. The predicted molar refractivity (Wildman–Crippen MR) is 62.9 cm³/mol. The minimum absolute atomic E-state index is 0.126. The Hall–Kier alpha value is -0.0800. The summed E-state index contributed by atoms with van der Waals surface area (Å²) in [5, 5.41) is 9.46. The van der Waals surface area contributed by atoms with Crippen LogP contribution < -0.4 is 0 Å². The summed E-state index contributed by atoms with van der Waals surface area (Å²) in [6.45, 7) is 4.50. The van der Waals surface area contributed by atoms with Crippen LogP contribution in [-0.4, -0.2) is 35.2 Å². The minimum atomic E-state index is -0.126. The monoisotopic (exact) mass is 211 g/mol. The molecule has 0 amide bonds. The van der Waals surface area contributed by atoms with Crippen LogP contribution in [0, 0.1) is 5.92 Å². The van der Waals surface area contributed by atoms with E-state index in [0.717, 1.165) is 12.3 Å². The van der Waals surface area contributed by atoms with Gasteiger partial charge in [0.15, 0.2) is 0 Å². The highest BCUT2D eigenvalue weighted by atomic mass is 16.3. The van der Waals surface area contributed by atoms with Crippen molar-refractivity contribution in [1.29, 1.82) is 0 Å². The molecule has 1 aliphatic carbocycles. The van der Waals surface area contributed by atoms with Crippen LogP contribution in [0.15, 0.2) is 0 Å². The molecule has 0 bridgehead atoms. The summed E-state index contributed by atoms with van der Waals surface area (Å²) < 4.78 is 0. The first-order chi connectivity index (χ1) is 7.25. The molecule has 2 atom stereocenters. The maximum Gasteiger partial charge on any atom is 0.0527 e. The third-order valence-corrected chi connectivity index (χ3v) is 4.08. The topological polar surface area (TPSA) is 23.5 Å². The summed E-state index contributed by atoms with van der Waals surface area (Å²) >= 11 is 0. The van der Waals surface area contributed by atoms with Crippen molar-refractivity contribution >= 4 is 0 Å². The van der Waals surface area contributed by atoms with Gasteiger partial charge in [0, 0.05) is 12.6 Å². The van der Waals surface area contributed by atoms with Gasteiger partial charge < -0.3 is 10.0 Å². The highest BCUT2D eigenvalue weighted by Crippen LogP contribution is 2.29. The third-order valence-electron chi connectivity index (χ3n) is 4.08. The Labute approximate surface area is 93.7 Å². The number of nitrogens with zero attached hydrogens (tertiary/aromatic N) is 1. The Morgan fingerprint density at radius 2 is 1.93 bits per heavy atom. The van der Waals surface area contributed by atoms with Crippen molar-refractivity contribution in [2.24, 2.45) is 5.92 Å². The molecule has 2 fully saturated rings. The van der Waals surface area contributed by atoms with E-state index >= 15 is 0 Å². The van der Waals surface area contributed by atoms with Crippen LogP contribution >= 0.6 is 0 Å². The molecule has 0 spiro atoms. The van der Waals surface area contributed by atoms with Crippen LogP contribution in [0.4, 0.5) is 0 Å². The van der Waals surface area contributed by atoms with Gasteiger partial charge in [0.05, 0.1) is 6.10 Å². The average molecular weight is 211 g/mol. The lowest BCUT2D eigenvalue weighted by atomic mass is 10.0. The number of likely N-dealkylation sites (tertiary alicyclic amines) is 1. The molecule has 0 aromatic rings. The van der Waals surface area contributed by atoms with Gasteiger partial charge in [-0.3, -0.25) is 0 Å². The van der Waals surface area contributed by atoms with Crippen molar-refractivity contribution in [3.8, 4) is 0 Å². The van der Waals surface area contributed by atoms with Crippen molar-refractivity contribution in [2.75, 3.05) is 13.1 Å². The van der Waals surface area contributed by atoms with Crippen LogP contribution in [0.1, 0.15) is 51.9 Å². The fourth-order valence-electron chi connectivity index (χ4n) is 3.32. The predicted octanol–water partition coefficient (Wildman–Crippen LogP) is 2.41. The van der Waals surface area contributed by atoms with Gasteiger partial charge in [-0.25, -0.2) is 0 Å². The molecule has 2 unspecified atom stereocenters. The molecular formula is C13H25NO. The molecule has 88 valence electrons. The molecule has 0 aromatic heterocycles. The minimum Gasteiger partial charge on any atom is -0.393 e. The summed E-state index contributed by atoms with van der Waals surface area (Å²) in [5.74, 6) is 0.958. The average Bonchev–Trinajstić information content (AvgIpc) is 2.78. The molecular weight excluding hydrogens is 186 g/mol. The Morgan fingerprint density at radius 3 is 2.60 bits per heavy atom. The van der Waals surface area contributed by atoms with Crippen LogP contribution in [0.3, 0.4) is 0 Å². The number of rotatable bonds is 4. The SMILES string of the molecule is CC(O)CC1CCCN1CC1CCCC1. The molecule has 1 saturated carbocycles. The Balaban J connectivity index is 1.79. The first kappa shape index (κ1) is 11.4. The van der Waals surface area contributed by atoms with E-state index in [9.17, 15) is 5.11 Å². The second-order valence-electron chi connectivity index (χ2n) is 5.53. The van der Waals surface area contributed by atoms with Gasteiger partial charge in [0.2, 0.25) is 0 Å². The van der Waals surface area contributed by atoms with Crippen molar-refractivity contribution in [1.82, 2.24) is 4.90 Å². The summed E-state index contributed by atoms with van der Waals surface area (Å²) in [7, 11) is 0. The van der Waals surface area contributed by atoms with Gasteiger partial charge in [-0.1, -0.05) is 12.8 Å². The molecule has 1 N–H and O–H groups in total. The van der Waals surface area contributed by atoms with Crippen molar-refractivity contribution in [2.45, 2.75) is 64.0 Å². The molecule has 2 nitrogen and oxygen atoms in total. The molecule has 0 radical (unpaired) electrons.